The second-order valence-corrected chi connectivity index (χ2v) is 6.56. The first-order valence-electron chi connectivity index (χ1n) is 6.92. The molecule has 1 heterocycles. The van der Waals surface area contributed by atoms with E-state index in [1.807, 2.05) is 4.90 Å². The molecule has 1 amide bonds. The number of amides is 1. The monoisotopic (exact) mass is 260 g/mol. The van der Waals surface area contributed by atoms with Crippen LogP contribution in [0, 0.1) is 5.41 Å². The van der Waals surface area contributed by atoms with Crippen molar-refractivity contribution in [3.63, 3.8) is 0 Å². The Morgan fingerprint density at radius 3 is 2.58 bits per heavy atom. The molecule has 2 rings (SSSR count). The lowest BCUT2D eigenvalue weighted by Gasteiger charge is -2.31. The highest BCUT2D eigenvalue weighted by Gasteiger charge is 2.24. The molecule has 1 atom stereocenters. The fraction of sp³-hybridized carbons (Fsp3) is 0.562. The number of hydrogen-bond acceptors (Lipinski definition) is 2. The first kappa shape index (κ1) is 14.1. The number of rotatable bonds is 1. The molecule has 1 aliphatic rings. The molecule has 0 spiro atoms. The molecule has 0 saturated carbocycles. The number of carbonyl (C=O) groups is 1. The minimum atomic E-state index is 0.0190. The van der Waals surface area contributed by atoms with E-state index in [9.17, 15) is 4.79 Å². The third-order valence-corrected chi connectivity index (χ3v) is 3.98. The molecule has 1 unspecified atom stereocenters. The first-order chi connectivity index (χ1) is 8.79. The van der Waals surface area contributed by atoms with E-state index in [1.165, 1.54) is 11.1 Å². The summed E-state index contributed by atoms with van der Waals surface area (Å²) >= 11 is 0. The van der Waals surface area contributed by atoms with Gasteiger partial charge in [-0.05, 0) is 28.5 Å². The van der Waals surface area contributed by atoms with Crippen LogP contribution in [0.5, 0.6) is 0 Å². The van der Waals surface area contributed by atoms with E-state index in [2.05, 4.69) is 39.0 Å². The maximum absolute atomic E-state index is 11.5. The summed E-state index contributed by atoms with van der Waals surface area (Å²) in [5.74, 6) is 0.149. The van der Waals surface area contributed by atoms with Gasteiger partial charge in [-0.3, -0.25) is 4.79 Å². The number of benzene rings is 1. The number of carbonyl (C=O) groups excluding carboxylic acids is 1. The lowest BCUT2D eigenvalue weighted by molar-refractivity contribution is -0.129. The van der Waals surface area contributed by atoms with Crippen LogP contribution in [0.1, 0.15) is 50.4 Å². The van der Waals surface area contributed by atoms with Gasteiger partial charge in [0.05, 0.1) is 0 Å². The maximum Gasteiger partial charge on any atom is 0.219 e. The molecule has 1 aliphatic heterocycles. The van der Waals surface area contributed by atoms with E-state index in [0.29, 0.717) is 0 Å². The zero-order valence-corrected chi connectivity index (χ0v) is 12.4. The standard InChI is InChI=1S/C16H24N2O/c1-11(19)18-8-7-12-5-6-13(9-14(12)10-18)15(17)16(2,3)4/h5-6,9,15H,7-8,10,17H2,1-4H3. The normalized spacial score (nSPS) is 17.0. The fourth-order valence-electron chi connectivity index (χ4n) is 2.54. The second kappa shape index (κ2) is 4.97. The zero-order chi connectivity index (χ0) is 14.2. The second-order valence-electron chi connectivity index (χ2n) is 6.56. The summed E-state index contributed by atoms with van der Waals surface area (Å²) in [6.45, 7) is 9.63. The van der Waals surface area contributed by atoms with Gasteiger partial charge in [-0.25, -0.2) is 0 Å². The SMILES string of the molecule is CC(=O)N1CCc2ccc(C(N)C(C)(C)C)cc2C1. The van der Waals surface area contributed by atoms with Gasteiger partial charge in [-0.1, -0.05) is 39.0 Å². The molecular formula is C16H24N2O. The van der Waals surface area contributed by atoms with Crippen molar-refractivity contribution in [1.29, 1.82) is 0 Å². The number of nitrogens with zero attached hydrogens (tertiary/aromatic N) is 1. The van der Waals surface area contributed by atoms with Crippen LogP contribution in [-0.2, 0) is 17.8 Å². The highest BCUT2D eigenvalue weighted by molar-refractivity contribution is 5.73. The lowest BCUT2D eigenvalue weighted by atomic mass is 9.82. The van der Waals surface area contributed by atoms with Crippen LogP contribution in [-0.4, -0.2) is 17.4 Å². The van der Waals surface area contributed by atoms with E-state index < -0.39 is 0 Å². The van der Waals surface area contributed by atoms with Crippen molar-refractivity contribution in [1.82, 2.24) is 4.90 Å². The highest BCUT2D eigenvalue weighted by Crippen LogP contribution is 2.32. The summed E-state index contributed by atoms with van der Waals surface area (Å²) < 4.78 is 0. The maximum atomic E-state index is 11.5. The summed E-state index contributed by atoms with van der Waals surface area (Å²) in [7, 11) is 0. The van der Waals surface area contributed by atoms with Crippen LogP contribution in [0.25, 0.3) is 0 Å². The smallest absolute Gasteiger partial charge is 0.219 e. The van der Waals surface area contributed by atoms with Gasteiger partial charge >= 0.3 is 0 Å². The van der Waals surface area contributed by atoms with E-state index >= 15 is 0 Å². The fourth-order valence-corrected chi connectivity index (χ4v) is 2.54. The van der Waals surface area contributed by atoms with E-state index in [1.54, 1.807) is 6.92 Å². The van der Waals surface area contributed by atoms with Crippen LogP contribution in [0.4, 0.5) is 0 Å². The molecule has 19 heavy (non-hydrogen) atoms. The van der Waals surface area contributed by atoms with Gasteiger partial charge in [0.1, 0.15) is 0 Å². The minimum absolute atomic E-state index is 0.0190. The summed E-state index contributed by atoms with van der Waals surface area (Å²) in [6.07, 6.45) is 0.944. The molecule has 1 aromatic carbocycles. The van der Waals surface area contributed by atoms with Crippen LogP contribution in [0.3, 0.4) is 0 Å². The largest absolute Gasteiger partial charge is 0.338 e. The Balaban J connectivity index is 2.28. The van der Waals surface area contributed by atoms with Gasteiger partial charge < -0.3 is 10.6 Å². The quantitative estimate of drug-likeness (QED) is 0.843. The van der Waals surface area contributed by atoms with Crippen LogP contribution in [0.15, 0.2) is 18.2 Å². The molecule has 0 bridgehead atoms. The average Bonchev–Trinajstić information content (AvgIpc) is 2.35. The summed E-state index contributed by atoms with van der Waals surface area (Å²) in [5.41, 5.74) is 10.1. The molecule has 0 fully saturated rings. The molecule has 3 heteroatoms. The van der Waals surface area contributed by atoms with Gasteiger partial charge in [0, 0.05) is 26.1 Å². The van der Waals surface area contributed by atoms with Crippen molar-refractivity contribution < 1.29 is 4.79 Å². The Labute approximate surface area is 115 Å². The van der Waals surface area contributed by atoms with E-state index in [0.717, 1.165) is 25.1 Å². The van der Waals surface area contributed by atoms with Crippen LogP contribution >= 0.6 is 0 Å². The number of hydrogen-bond donors (Lipinski definition) is 1. The van der Waals surface area contributed by atoms with Crippen LogP contribution in [0.2, 0.25) is 0 Å². The van der Waals surface area contributed by atoms with Crippen molar-refractivity contribution in [3.8, 4) is 0 Å². The molecule has 3 nitrogen and oxygen atoms in total. The van der Waals surface area contributed by atoms with Crippen molar-refractivity contribution >= 4 is 5.91 Å². The highest BCUT2D eigenvalue weighted by atomic mass is 16.2. The van der Waals surface area contributed by atoms with Gasteiger partial charge in [0.15, 0.2) is 0 Å². The summed E-state index contributed by atoms with van der Waals surface area (Å²) in [6, 6.07) is 6.51. The van der Waals surface area contributed by atoms with Gasteiger partial charge in [-0.2, -0.15) is 0 Å². The predicted octanol–water partition coefficient (Wildman–Crippen LogP) is 2.64. The molecular weight excluding hydrogens is 236 g/mol. The molecule has 1 aromatic rings. The Hall–Kier alpha value is -1.35. The third kappa shape index (κ3) is 2.98. The zero-order valence-electron chi connectivity index (χ0n) is 12.4. The van der Waals surface area contributed by atoms with E-state index in [-0.39, 0.29) is 17.4 Å². The minimum Gasteiger partial charge on any atom is -0.338 e. The Kier molecular flexibility index (Phi) is 3.68. The Bertz CT molecular complexity index is 488. The molecule has 0 aromatic heterocycles. The van der Waals surface area contributed by atoms with Gasteiger partial charge in [-0.15, -0.1) is 0 Å². The first-order valence-corrected chi connectivity index (χ1v) is 6.92. The lowest BCUT2D eigenvalue weighted by Crippen LogP contribution is -2.34. The molecule has 0 saturated heterocycles. The predicted molar refractivity (Wildman–Crippen MR) is 77.6 cm³/mol. The molecule has 0 radical (unpaired) electrons. The van der Waals surface area contributed by atoms with Gasteiger partial charge in [0.25, 0.3) is 0 Å². The van der Waals surface area contributed by atoms with Crippen molar-refractivity contribution in [2.75, 3.05) is 6.54 Å². The molecule has 0 aliphatic carbocycles. The van der Waals surface area contributed by atoms with Crippen molar-refractivity contribution in [3.05, 3.63) is 34.9 Å². The van der Waals surface area contributed by atoms with Crippen molar-refractivity contribution in [2.45, 2.75) is 46.7 Å². The topological polar surface area (TPSA) is 46.3 Å². The number of nitrogens with two attached hydrogens (primary N) is 1. The summed E-state index contributed by atoms with van der Waals surface area (Å²) in [4.78, 5) is 13.4. The Morgan fingerprint density at radius 1 is 1.32 bits per heavy atom. The Morgan fingerprint density at radius 2 is 2.00 bits per heavy atom. The third-order valence-electron chi connectivity index (χ3n) is 3.98. The summed E-state index contributed by atoms with van der Waals surface area (Å²) in [5, 5.41) is 0. The van der Waals surface area contributed by atoms with Crippen molar-refractivity contribution in [2.24, 2.45) is 11.1 Å². The van der Waals surface area contributed by atoms with Crippen LogP contribution < -0.4 is 5.73 Å². The molecule has 104 valence electrons. The average molecular weight is 260 g/mol. The van der Waals surface area contributed by atoms with E-state index in [4.69, 9.17) is 5.73 Å². The molecule has 2 N–H and O–H groups in total. The van der Waals surface area contributed by atoms with Gasteiger partial charge in [0.2, 0.25) is 5.91 Å². The number of fused-ring (bicyclic) bond motifs is 1.